The fraction of sp³-hybridized carbons (Fsp3) is 0.269. The fourth-order valence-electron chi connectivity index (χ4n) is 4.43. The number of benzene rings is 2. The number of carbonyl (C=O) groups excluding carboxylic acids is 1. The first-order chi connectivity index (χ1) is 17.0. The van der Waals surface area contributed by atoms with Crippen LogP contribution >= 0.6 is 11.3 Å². The van der Waals surface area contributed by atoms with Gasteiger partial charge in [-0.25, -0.2) is 8.42 Å². The number of fused-ring (bicyclic) bond motifs is 1. The van der Waals surface area contributed by atoms with Crippen LogP contribution in [0.2, 0.25) is 0 Å². The Morgan fingerprint density at radius 2 is 1.92 bits per heavy atom. The highest BCUT2D eigenvalue weighted by Gasteiger charge is 2.37. The molecule has 1 amide bonds. The third-order valence-corrected chi connectivity index (χ3v) is 9.02. The van der Waals surface area contributed by atoms with Crippen molar-refractivity contribution < 1.29 is 26.4 Å². The quantitative estimate of drug-likeness (QED) is 0.380. The summed E-state index contributed by atoms with van der Waals surface area (Å²) >= 11 is 1.62. The first kappa shape index (κ1) is 26.1. The lowest BCUT2D eigenvalue weighted by Crippen LogP contribution is -2.46. The standard InChI is InChI=1S/C26H25F3N2O3S2/c1-3-13-30(36(33,34)20-9-6-8-19(16-20)26(27,28)29)17-24(32)31-14-11-23-22(12-15-35-23)25(31)21-10-5-4-7-18(21)2/h3-10,12,15-16,25H,1,11,13-14,17H2,2H3. The first-order valence-electron chi connectivity index (χ1n) is 11.2. The summed E-state index contributed by atoms with van der Waals surface area (Å²) in [5, 5.41) is 1.98. The zero-order valence-corrected chi connectivity index (χ0v) is 21.2. The lowest BCUT2D eigenvalue weighted by Gasteiger charge is -2.38. The molecule has 0 spiro atoms. The van der Waals surface area contributed by atoms with Crippen molar-refractivity contribution in [3.8, 4) is 0 Å². The van der Waals surface area contributed by atoms with E-state index >= 15 is 0 Å². The summed E-state index contributed by atoms with van der Waals surface area (Å²) in [4.78, 5) is 15.9. The molecule has 1 unspecified atom stereocenters. The molecule has 1 aromatic heterocycles. The molecule has 0 aliphatic carbocycles. The van der Waals surface area contributed by atoms with Gasteiger partial charge in [-0.1, -0.05) is 36.4 Å². The number of rotatable bonds is 7. The molecule has 4 rings (SSSR count). The molecule has 0 radical (unpaired) electrons. The second-order valence-electron chi connectivity index (χ2n) is 8.51. The summed E-state index contributed by atoms with van der Waals surface area (Å²) in [5.41, 5.74) is 1.87. The average molecular weight is 535 g/mol. The van der Waals surface area contributed by atoms with Gasteiger partial charge < -0.3 is 4.90 Å². The number of amides is 1. The van der Waals surface area contributed by atoms with Crippen LogP contribution in [0.1, 0.15) is 33.2 Å². The lowest BCUT2D eigenvalue weighted by atomic mass is 9.90. The Balaban J connectivity index is 1.68. The number of hydrogen-bond donors (Lipinski definition) is 0. The van der Waals surface area contributed by atoms with Gasteiger partial charge in [0.15, 0.2) is 0 Å². The van der Waals surface area contributed by atoms with Gasteiger partial charge in [-0.15, -0.1) is 17.9 Å². The van der Waals surface area contributed by atoms with Gasteiger partial charge in [0.1, 0.15) is 0 Å². The smallest absolute Gasteiger partial charge is 0.330 e. The molecule has 1 atom stereocenters. The molecular weight excluding hydrogens is 509 g/mol. The van der Waals surface area contributed by atoms with E-state index in [-0.39, 0.29) is 12.6 Å². The summed E-state index contributed by atoms with van der Waals surface area (Å²) in [6, 6.07) is 12.9. The molecule has 2 heterocycles. The highest BCUT2D eigenvalue weighted by atomic mass is 32.2. The number of halogens is 3. The van der Waals surface area contributed by atoms with Crippen LogP contribution in [-0.4, -0.2) is 43.2 Å². The topological polar surface area (TPSA) is 57.7 Å². The molecule has 0 bridgehead atoms. The van der Waals surface area contributed by atoms with E-state index in [1.54, 1.807) is 16.2 Å². The summed E-state index contributed by atoms with van der Waals surface area (Å²) in [7, 11) is -4.40. The van der Waals surface area contributed by atoms with E-state index in [9.17, 15) is 26.4 Å². The largest absolute Gasteiger partial charge is 0.416 e. The molecule has 36 heavy (non-hydrogen) atoms. The second-order valence-corrected chi connectivity index (χ2v) is 11.4. The van der Waals surface area contributed by atoms with Crippen molar-refractivity contribution in [2.75, 3.05) is 19.6 Å². The monoisotopic (exact) mass is 534 g/mol. The normalized spacial score (nSPS) is 16.1. The van der Waals surface area contributed by atoms with Gasteiger partial charge in [-0.05, 0) is 59.7 Å². The molecule has 1 aliphatic rings. The third-order valence-electron chi connectivity index (χ3n) is 6.21. The molecule has 3 aromatic rings. The number of aryl methyl sites for hydroxylation is 1. The van der Waals surface area contributed by atoms with E-state index in [2.05, 4.69) is 6.58 Å². The van der Waals surface area contributed by atoms with Gasteiger partial charge in [-0.3, -0.25) is 4.79 Å². The van der Waals surface area contributed by atoms with E-state index in [4.69, 9.17) is 0 Å². The Hall–Kier alpha value is -2.95. The summed E-state index contributed by atoms with van der Waals surface area (Å²) in [6.45, 7) is 5.18. The Labute approximate surface area is 212 Å². The zero-order valence-electron chi connectivity index (χ0n) is 19.5. The molecule has 0 saturated carbocycles. The molecule has 1 aliphatic heterocycles. The van der Waals surface area contributed by atoms with Crippen LogP contribution in [0.25, 0.3) is 0 Å². The van der Waals surface area contributed by atoms with Gasteiger partial charge >= 0.3 is 6.18 Å². The van der Waals surface area contributed by atoms with Gasteiger partial charge in [-0.2, -0.15) is 17.5 Å². The highest BCUT2D eigenvalue weighted by Crippen LogP contribution is 2.39. The van der Waals surface area contributed by atoms with E-state index in [0.29, 0.717) is 19.0 Å². The van der Waals surface area contributed by atoms with Crippen LogP contribution in [0, 0.1) is 6.92 Å². The number of thiophene rings is 1. The van der Waals surface area contributed by atoms with Gasteiger partial charge in [0.2, 0.25) is 15.9 Å². The molecule has 0 fully saturated rings. The van der Waals surface area contributed by atoms with E-state index in [0.717, 1.165) is 39.2 Å². The maximum Gasteiger partial charge on any atom is 0.416 e. The lowest BCUT2D eigenvalue weighted by molar-refractivity contribution is -0.137. The summed E-state index contributed by atoms with van der Waals surface area (Å²) in [5.74, 6) is -0.433. The Kier molecular flexibility index (Phi) is 7.40. The van der Waals surface area contributed by atoms with Crippen molar-refractivity contribution in [3.63, 3.8) is 0 Å². The first-order valence-corrected chi connectivity index (χ1v) is 13.6. The number of sulfonamides is 1. The third kappa shape index (κ3) is 5.11. The minimum absolute atomic E-state index is 0.225. The van der Waals surface area contributed by atoms with Crippen LogP contribution in [0.5, 0.6) is 0 Å². The molecule has 10 heteroatoms. The molecular formula is C26H25F3N2O3S2. The molecule has 0 saturated heterocycles. The predicted molar refractivity (Wildman–Crippen MR) is 133 cm³/mol. The van der Waals surface area contributed by atoms with Crippen molar-refractivity contribution >= 4 is 27.3 Å². The van der Waals surface area contributed by atoms with Gasteiger partial charge in [0, 0.05) is 18.0 Å². The number of hydrogen-bond acceptors (Lipinski definition) is 4. The van der Waals surface area contributed by atoms with Crippen LogP contribution in [0.15, 0.2) is 77.5 Å². The minimum Gasteiger partial charge on any atom is -0.330 e. The number of carbonyl (C=O) groups is 1. The van der Waals surface area contributed by atoms with Crippen LogP contribution in [-0.2, 0) is 27.4 Å². The average Bonchev–Trinajstić information content (AvgIpc) is 3.32. The Morgan fingerprint density at radius 3 is 2.61 bits per heavy atom. The molecule has 0 N–H and O–H groups in total. The van der Waals surface area contributed by atoms with E-state index in [1.165, 1.54) is 11.0 Å². The van der Waals surface area contributed by atoms with Crippen LogP contribution in [0.4, 0.5) is 13.2 Å². The van der Waals surface area contributed by atoms with Crippen molar-refractivity contribution in [2.24, 2.45) is 0 Å². The van der Waals surface area contributed by atoms with Gasteiger partial charge in [0.25, 0.3) is 0 Å². The maximum atomic E-state index is 13.6. The van der Waals surface area contributed by atoms with Crippen molar-refractivity contribution in [1.29, 1.82) is 0 Å². The summed E-state index contributed by atoms with van der Waals surface area (Å²) in [6.07, 6.45) is -2.75. The fourth-order valence-corrected chi connectivity index (χ4v) is 6.74. The SMILES string of the molecule is C=CCN(CC(=O)N1CCc2sccc2C1c1ccccc1C)S(=O)(=O)c1cccc(C(F)(F)F)c1. The molecule has 2 aromatic carbocycles. The van der Waals surface area contributed by atoms with Crippen molar-refractivity contribution in [1.82, 2.24) is 9.21 Å². The zero-order chi connectivity index (χ0) is 26.1. The van der Waals surface area contributed by atoms with Crippen LogP contribution < -0.4 is 0 Å². The minimum atomic E-state index is -4.70. The summed E-state index contributed by atoms with van der Waals surface area (Å²) < 4.78 is 67.1. The van der Waals surface area contributed by atoms with Crippen molar-refractivity contribution in [3.05, 3.63) is 99.8 Å². The number of alkyl halides is 3. The highest BCUT2D eigenvalue weighted by molar-refractivity contribution is 7.89. The van der Waals surface area contributed by atoms with Crippen molar-refractivity contribution in [2.45, 2.75) is 30.5 Å². The van der Waals surface area contributed by atoms with E-state index in [1.807, 2.05) is 42.6 Å². The maximum absolute atomic E-state index is 13.6. The Morgan fingerprint density at radius 1 is 1.17 bits per heavy atom. The predicted octanol–water partition coefficient (Wildman–Crippen LogP) is 5.43. The van der Waals surface area contributed by atoms with Crippen LogP contribution in [0.3, 0.4) is 0 Å². The second kappa shape index (κ2) is 10.2. The Bertz CT molecular complexity index is 1380. The van der Waals surface area contributed by atoms with Gasteiger partial charge in [0.05, 0.1) is 23.0 Å². The molecule has 5 nitrogen and oxygen atoms in total. The number of nitrogens with zero attached hydrogens (tertiary/aromatic N) is 2. The van der Waals surface area contributed by atoms with E-state index < -0.39 is 39.1 Å². The molecule has 190 valence electrons.